The number of benzene rings is 2. The van der Waals surface area contributed by atoms with Gasteiger partial charge in [-0.3, -0.25) is 9.59 Å². The maximum Gasteiger partial charge on any atom is 0.224 e. The van der Waals surface area contributed by atoms with Gasteiger partial charge in [0.05, 0.1) is 27.2 Å². The molecule has 1 aromatic heterocycles. The van der Waals surface area contributed by atoms with Gasteiger partial charge in [-0.05, 0) is 23.8 Å². The highest BCUT2D eigenvalue weighted by molar-refractivity contribution is 6.00. The minimum Gasteiger partial charge on any atom is -0.502 e. The van der Waals surface area contributed by atoms with Gasteiger partial charge in [0.2, 0.25) is 11.7 Å². The van der Waals surface area contributed by atoms with Gasteiger partial charge in [-0.2, -0.15) is 0 Å². The fourth-order valence-electron chi connectivity index (χ4n) is 2.85. The molecule has 3 N–H and O–H groups in total. The molecule has 3 aromatic rings. The lowest BCUT2D eigenvalue weighted by Crippen LogP contribution is -2.30. The van der Waals surface area contributed by atoms with Crippen molar-refractivity contribution in [3.63, 3.8) is 0 Å². The fraction of sp³-hybridized carbons (Fsp3) is 0.200. The van der Waals surface area contributed by atoms with Gasteiger partial charge in [0.15, 0.2) is 17.3 Å². The van der Waals surface area contributed by atoms with Gasteiger partial charge < -0.3 is 24.9 Å². The second kappa shape index (κ2) is 7.82. The third-order valence-electron chi connectivity index (χ3n) is 4.27. The Morgan fingerprint density at radius 1 is 1.11 bits per heavy atom. The number of phenolic OH excluding ortho intramolecular Hbond substituents is 1. The van der Waals surface area contributed by atoms with Crippen molar-refractivity contribution in [2.45, 2.75) is 6.42 Å². The van der Waals surface area contributed by atoms with Crippen LogP contribution in [0, 0.1) is 0 Å². The number of amides is 1. The molecule has 3 rings (SSSR count). The second-order valence-corrected chi connectivity index (χ2v) is 5.97. The van der Waals surface area contributed by atoms with Gasteiger partial charge in [0, 0.05) is 22.7 Å². The molecule has 2 aromatic carbocycles. The average Bonchev–Trinajstić information content (AvgIpc) is 3.09. The number of para-hydroxylation sites is 1. The first-order valence-corrected chi connectivity index (χ1v) is 8.33. The van der Waals surface area contributed by atoms with E-state index in [2.05, 4.69) is 10.3 Å². The van der Waals surface area contributed by atoms with E-state index in [-0.39, 0.29) is 47.5 Å². The highest BCUT2D eigenvalue weighted by Gasteiger charge is 2.16. The van der Waals surface area contributed by atoms with Crippen LogP contribution in [-0.4, -0.2) is 42.5 Å². The third-order valence-corrected chi connectivity index (χ3v) is 4.27. The number of aromatic hydroxyl groups is 1. The monoisotopic (exact) mass is 368 g/mol. The predicted octanol–water partition coefficient (Wildman–Crippen LogP) is 2.43. The van der Waals surface area contributed by atoms with E-state index in [4.69, 9.17) is 9.47 Å². The Morgan fingerprint density at radius 3 is 2.44 bits per heavy atom. The van der Waals surface area contributed by atoms with E-state index < -0.39 is 0 Å². The number of methoxy groups -OCH3 is 2. The van der Waals surface area contributed by atoms with Crippen molar-refractivity contribution in [1.29, 1.82) is 0 Å². The number of H-pyrrole nitrogens is 1. The summed E-state index contributed by atoms with van der Waals surface area (Å²) in [6, 6.07) is 10.5. The first kappa shape index (κ1) is 18.3. The molecule has 0 saturated carbocycles. The van der Waals surface area contributed by atoms with Crippen LogP contribution in [0.5, 0.6) is 17.2 Å². The third kappa shape index (κ3) is 3.87. The minimum atomic E-state index is -0.320. The Morgan fingerprint density at radius 2 is 1.78 bits per heavy atom. The molecule has 0 aliphatic heterocycles. The molecule has 7 nitrogen and oxygen atoms in total. The Kier molecular flexibility index (Phi) is 5.30. The molecule has 7 heteroatoms. The number of rotatable bonds is 7. The van der Waals surface area contributed by atoms with Gasteiger partial charge in [-0.1, -0.05) is 18.2 Å². The first-order valence-electron chi connectivity index (χ1n) is 8.33. The number of Topliss-reactive ketones (excluding diaryl/α,β-unsaturated/α-hetero) is 1. The van der Waals surface area contributed by atoms with Crippen molar-refractivity contribution in [2.75, 3.05) is 20.8 Å². The summed E-state index contributed by atoms with van der Waals surface area (Å²) in [5, 5.41) is 13.5. The molecule has 0 saturated heterocycles. The van der Waals surface area contributed by atoms with E-state index >= 15 is 0 Å². The Bertz CT molecular complexity index is 968. The number of carbonyl (C=O) groups excluding carboxylic acids is 2. The minimum absolute atomic E-state index is 0.128. The summed E-state index contributed by atoms with van der Waals surface area (Å²) >= 11 is 0. The standard InChI is InChI=1S/C20H20N2O5/c1-26-17-7-12(8-18(27-2)20(17)25)16(23)11-22-19(24)9-13-10-21-15-6-4-3-5-14(13)15/h3-8,10,21,25H,9,11H2,1-2H3,(H,22,24). The summed E-state index contributed by atoms with van der Waals surface area (Å²) in [6.45, 7) is -0.168. The van der Waals surface area contributed by atoms with Crippen LogP contribution in [-0.2, 0) is 11.2 Å². The summed E-state index contributed by atoms with van der Waals surface area (Å²) in [4.78, 5) is 27.7. The van der Waals surface area contributed by atoms with Crippen LogP contribution in [0.3, 0.4) is 0 Å². The van der Waals surface area contributed by atoms with Crippen molar-refractivity contribution >= 4 is 22.6 Å². The second-order valence-electron chi connectivity index (χ2n) is 5.97. The lowest BCUT2D eigenvalue weighted by molar-refractivity contribution is -0.120. The van der Waals surface area contributed by atoms with Crippen molar-refractivity contribution < 1.29 is 24.2 Å². The molecule has 140 valence electrons. The molecule has 1 heterocycles. The number of carbonyl (C=O) groups is 2. The summed E-state index contributed by atoms with van der Waals surface area (Å²) < 4.78 is 10.1. The molecule has 0 atom stereocenters. The number of fused-ring (bicyclic) bond motifs is 1. The molecule has 0 fully saturated rings. The molecule has 27 heavy (non-hydrogen) atoms. The van der Waals surface area contributed by atoms with Crippen molar-refractivity contribution in [1.82, 2.24) is 10.3 Å². The van der Waals surface area contributed by atoms with Crippen molar-refractivity contribution in [3.05, 3.63) is 53.7 Å². The molecule has 0 spiro atoms. The zero-order valence-electron chi connectivity index (χ0n) is 15.0. The number of aromatic amines is 1. The van der Waals surface area contributed by atoms with Gasteiger partial charge in [-0.25, -0.2) is 0 Å². The zero-order valence-corrected chi connectivity index (χ0v) is 15.0. The first-order chi connectivity index (χ1) is 13.0. The van der Waals surface area contributed by atoms with Crippen LogP contribution in [0.15, 0.2) is 42.6 Å². The van der Waals surface area contributed by atoms with Gasteiger partial charge in [0.25, 0.3) is 0 Å². The Hall–Kier alpha value is -3.48. The summed E-state index contributed by atoms with van der Waals surface area (Å²) in [6.07, 6.45) is 1.96. The molecule has 0 bridgehead atoms. The van der Waals surface area contributed by atoms with E-state index in [1.807, 2.05) is 24.3 Å². The van der Waals surface area contributed by atoms with Crippen molar-refractivity contribution in [3.8, 4) is 17.2 Å². The molecular weight excluding hydrogens is 348 g/mol. The highest BCUT2D eigenvalue weighted by atomic mass is 16.5. The molecule has 1 amide bonds. The number of hydrogen-bond donors (Lipinski definition) is 3. The molecule has 0 unspecified atom stereocenters. The predicted molar refractivity (Wildman–Crippen MR) is 101 cm³/mol. The SMILES string of the molecule is COc1cc(C(=O)CNC(=O)Cc2c[nH]c3ccccc23)cc(OC)c1O. The van der Waals surface area contributed by atoms with Crippen LogP contribution >= 0.6 is 0 Å². The van der Waals surface area contributed by atoms with Gasteiger partial charge in [0.1, 0.15) is 0 Å². The smallest absolute Gasteiger partial charge is 0.224 e. The molecule has 0 aliphatic rings. The largest absolute Gasteiger partial charge is 0.502 e. The number of ketones is 1. The van der Waals surface area contributed by atoms with Gasteiger partial charge >= 0.3 is 0 Å². The van der Waals surface area contributed by atoms with E-state index in [9.17, 15) is 14.7 Å². The van der Waals surface area contributed by atoms with Crippen LogP contribution in [0.1, 0.15) is 15.9 Å². The van der Waals surface area contributed by atoms with Crippen molar-refractivity contribution in [2.24, 2.45) is 0 Å². The molecule has 0 radical (unpaired) electrons. The number of nitrogens with one attached hydrogen (secondary N) is 2. The lowest BCUT2D eigenvalue weighted by atomic mass is 10.1. The Balaban J connectivity index is 1.66. The number of phenols is 1. The maximum absolute atomic E-state index is 12.4. The van der Waals surface area contributed by atoms with E-state index in [1.165, 1.54) is 26.4 Å². The van der Waals surface area contributed by atoms with Crippen LogP contribution in [0.25, 0.3) is 10.9 Å². The van der Waals surface area contributed by atoms with E-state index in [0.29, 0.717) is 0 Å². The Labute approximate surface area is 155 Å². The molecule has 0 aliphatic carbocycles. The maximum atomic E-state index is 12.4. The van der Waals surface area contributed by atoms with Gasteiger partial charge in [-0.15, -0.1) is 0 Å². The van der Waals surface area contributed by atoms with Crippen LogP contribution in [0.2, 0.25) is 0 Å². The normalized spacial score (nSPS) is 10.6. The summed E-state index contributed by atoms with van der Waals surface area (Å²) in [5.74, 6) is -0.504. The highest BCUT2D eigenvalue weighted by Crippen LogP contribution is 2.37. The summed E-state index contributed by atoms with van der Waals surface area (Å²) in [5.41, 5.74) is 2.09. The molecular formula is C20H20N2O5. The fourth-order valence-corrected chi connectivity index (χ4v) is 2.85. The lowest BCUT2D eigenvalue weighted by Gasteiger charge is -2.11. The van der Waals surface area contributed by atoms with E-state index in [1.54, 1.807) is 6.20 Å². The number of hydrogen-bond acceptors (Lipinski definition) is 5. The van der Waals surface area contributed by atoms with E-state index in [0.717, 1.165) is 16.5 Å². The quantitative estimate of drug-likeness (QED) is 0.556. The zero-order chi connectivity index (χ0) is 19.4. The average molecular weight is 368 g/mol. The van der Waals surface area contributed by atoms with Crippen LogP contribution in [0.4, 0.5) is 0 Å². The topological polar surface area (TPSA) is 101 Å². The number of ether oxygens (including phenoxy) is 2. The summed E-state index contributed by atoms with van der Waals surface area (Å²) in [7, 11) is 2.76. The van der Waals surface area contributed by atoms with Crippen LogP contribution < -0.4 is 14.8 Å². The number of aromatic nitrogens is 1.